The lowest BCUT2D eigenvalue weighted by Crippen LogP contribution is -2.00. The lowest BCUT2D eigenvalue weighted by molar-refractivity contribution is 1.16. The molecule has 0 amide bonds. The van der Waals surface area contributed by atoms with Crippen molar-refractivity contribution in [3.05, 3.63) is 71.9 Å². The summed E-state index contributed by atoms with van der Waals surface area (Å²) in [6, 6.07) is 18.2. The Morgan fingerprint density at radius 3 is 1.78 bits per heavy atom. The average Bonchev–Trinajstić information content (AvgIpc) is 2.52. The first-order valence-corrected chi connectivity index (χ1v) is 7.19. The van der Waals surface area contributed by atoms with Crippen molar-refractivity contribution in [1.29, 1.82) is 0 Å². The minimum absolute atomic E-state index is 0. The smallest absolute Gasteiger partial charge is 0.229 e. The molecular formula is C18H19ClN4. The van der Waals surface area contributed by atoms with Gasteiger partial charge in [0.1, 0.15) is 5.82 Å². The molecule has 5 heteroatoms. The number of aryl methyl sites for hydroxylation is 2. The fourth-order valence-corrected chi connectivity index (χ4v) is 2.04. The Balaban J connectivity index is 0.00000192. The molecule has 1 heterocycles. The molecule has 0 saturated carbocycles. The summed E-state index contributed by atoms with van der Waals surface area (Å²) in [5, 5.41) is 6.48. The molecule has 1 aromatic heterocycles. The Morgan fingerprint density at radius 1 is 0.696 bits per heavy atom. The molecule has 0 atom stereocenters. The van der Waals surface area contributed by atoms with Gasteiger partial charge < -0.3 is 10.6 Å². The monoisotopic (exact) mass is 326 g/mol. The molecule has 2 N–H and O–H groups in total. The first kappa shape index (κ1) is 16.8. The molecule has 0 aliphatic carbocycles. The van der Waals surface area contributed by atoms with E-state index in [9.17, 15) is 0 Å². The Hall–Kier alpha value is -2.59. The van der Waals surface area contributed by atoms with Gasteiger partial charge in [-0.2, -0.15) is 4.98 Å². The van der Waals surface area contributed by atoms with E-state index in [4.69, 9.17) is 0 Å². The second-order valence-electron chi connectivity index (χ2n) is 5.25. The minimum Gasteiger partial charge on any atom is -0.340 e. The SMILES string of the molecule is Cc1ccc(Nc2ccnc(Nc3ccc(C)cc3)n2)cc1.Cl. The molecule has 0 bridgehead atoms. The van der Waals surface area contributed by atoms with Crippen LogP contribution in [-0.4, -0.2) is 9.97 Å². The number of aromatic nitrogens is 2. The lowest BCUT2D eigenvalue weighted by atomic mass is 10.2. The van der Waals surface area contributed by atoms with Crippen molar-refractivity contribution >= 4 is 35.5 Å². The molecule has 2 aromatic carbocycles. The van der Waals surface area contributed by atoms with Crippen LogP contribution < -0.4 is 10.6 Å². The molecule has 0 radical (unpaired) electrons. The van der Waals surface area contributed by atoms with Crippen molar-refractivity contribution in [3.63, 3.8) is 0 Å². The van der Waals surface area contributed by atoms with Crippen LogP contribution in [0.5, 0.6) is 0 Å². The highest BCUT2D eigenvalue weighted by Crippen LogP contribution is 2.18. The highest BCUT2D eigenvalue weighted by atomic mass is 35.5. The Labute approximate surface area is 142 Å². The lowest BCUT2D eigenvalue weighted by Gasteiger charge is -2.09. The van der Waals surface area contributed by atoms with Gasteiger partial charge in [-0.1, -0.05) is 35.4 Å². The Bertz CT molecular complexity index is 692. The molecule has 3 aromatic rings. The van der Waals surface area contributed by atoms with Crippen LogP contribution >= 0.6 is 12.4 Å². The standard InChI is InChI=1S/C18H18N4.ClH/c1-13-3-7-15(8-4-13)20-17-11-12-19-18(22-17)21-16-9-5-14(2)6-10-16;/h3-12H,1-2H3,(H2,19,20,21,22);1H. The van der Waals surface area contributed by atoms with Crippen LogP contribution in [0.3, 0.4) is 0 Å². The van der Waals surface area contributed by atoms with E-state index in [2.05, 4.69) is 58.7 Å². The van der Waals surface area contributed by atoms with Gasteiger partial charge >= 0.3 is 0 Å². The predicted octanol–water partition coefficient (Wildman–Crippen LogP) is 5.00. The Kier molecular flexibility index (Phi) is 5.55. The van der Waals surface area contributed by atoms with Crippen LogP contribution in [0.2, 0.25) is 0 Å². The van der Waals surface area contributed by atoms with Crippen molar-refractivity contribution in [3.8, 4) is 0 Å². The largest absolute Gasteiger partial charge is 0.340 e. The van der Waals surface area contributed by atoms with E-state index in [-0.39, 0.29) is 12.4 Å². The van der Waals surface area contributed by atoms with Crippen molar-refractivity contribution in [2.45, 2.75) is 13.8 Å². The molecule has 4 nitrogen and oxygen atoms in total. The van der Waals surface area contributed by atoms with Crippen LogP contribution in [0.15, 0.2) is 60.8 Å². The third-order valence-electron chi connectivity index (χ3n) is 3.29. The molecule has 0 spiro atoms. The van der Waals surface area contributed by atoms with Gasteiger partial charge in [-0.05, 0) is 44.2 Å². The number of benzene rings is 2. The van der Waals surface area contributed by atoms with Crippen molar-refractivity contribution < 1.29 is 0 Å². The van der Waals surface area contributed by atoms with Crippen LogP contribution in [-0.2, 0) is 0 Å². The van der Waals surface area contributed by atoms with Crippen LogP contribution in [0.1, 0.15) is 11.1 Å². The maximum atomic E-state index is 4.47. The van der Waals surface area contributed by atoms with E-state index in [1.807, 2.05) is 30.3 Å². The van der Waals surface area contributed by atoms with E-state index in [1.165, 1.54) is 11.1 Å². The number of nitrogens with one attached hydrogen (secondary N) is 2. The maximum absolute atomic E-state index is 4.47. The van der Waals surface area contributed by atoms with Gasteiger partial charge in [0.2, 0.25) is 5.95 Å². The van der Waals surface area contributed by atoms with Crippen molar-refractivity contribution in [1.82, 2.24) is 9.97 Å². The van der Waals surface area contributed by atoms with E-state index >= 15 is 0 Å². The summed E-state index contributed by atoms with van der Waals surface area (Å²) in [6.45, 7) is 4.13. The second-order valence-corrected chi connectivity index (χ2v) is 5.25. The van der Waals surface area contributed by atoms with Gasteiger partial charge in [-0.3, -0.25) is 0 Å². The van der Waals surface area contributed by atoms with Gasteiger partial charge in [0, 0.05) is 17.6 Å². The summed E-state index contributed by atoms with van der Waals surface area (Å²) in [4.78, 5) is 8.73. The van der Waals surface area contributed by atoms with E-state index < -0.39 is 0 Å². The van der Waals surface area contributed by atoms with E-state index in [0.29, 0.717) is 5.95 Å². The third kappa shape index (κ3) is 4.69. The highest BCUT2D eigenvalue weighted by molar-refractivity contribution is 5.85. The van der Waals surface area contributed by atoms with Gasteiger partial charge in [0.05, 0.1) is 0 Å². The first-order valence-electron chi connectivity index (χ1n) is 7.19. The number of rotatable bonds is 4. The highest BCUT2D eigenvalue weighted by Gasteiger charge is 2.01. The molecule has 0 aliphatic rings. The Morgan fingerprint density at radius 2 is 1.22 bits per heavy atom. The number of anilines is 4. The summed E-state index contributed by atoms with van der Waals surface area (Å²) < 4.78 is 0. The van der Waals surface area contributed by atoms with Crippen molar-refractivity contribution in [2.24, 2.45) is 0 Å². The maximum Gasteiger partial charge on any atom is 0.229 e. The van der Waals surface area contributed by atoms with Gasteiger partial charge in [0.15, 0.2) is 0 Å². The summed E-state index contributed by atoms with van der Waals surface area (Å²) in [5.74, 6) is 1.33. The molecule has 0 aliphatic heterocycles. The molecule has 0 fully saturated rings. The fraction of sp³-hybridized carbons (Fsp3) is 0.111. The van der Waals surface area contributed by atoms with Gasteiger partial charge in [0.25, 0.3) is 0 Å². The summed E-state index contributed by atoms with van der Waals surface area (Å²) in [6.07, 6.45) is 1.74. The predicted molar refractivity (Wildman–Crippen MR) is 98.2 cm³/mol. The number of hydrogen-bond donors (Lipinski definition) is 2. The van der Waals surface area contributed by atoms with E-state index in [1.54, 1.807) is 6.20 Å². The second kappa shape index (κ2) is 7.61. The van der Waals surface area contributed by atoms with Crippen molar-refractivity contribution in [2.75, 3.05) is 10.6 Å². The quantitative estimate of drug-likeness (QED) is 0.708. The number of hydrogen-bond acceptors (Lipinski definition) is 4. The van der Waals surface area contributed by atoms with Crippen LogP contribution in [0.25, 0.3) is 0 Å². The zero-order valence-corrected chi connectivity index (χ0v) is 13.9. The zero-order chi connectivity index (χ0) is 15.4. The summed E-state index contributed by atoms with van der Waals surface area (Å²) in [7, 11) is 0. The van der Waals surface area contributed by atoms with Gasteiger partial charge in [-0.25, -0.2) is 4.98 Å². The third-order valence-corrected chi connectivity index (χ3v) is 3.29. The molecular weight excluding hydrogens is 308 g/mol. The molecule has 118 valence electrons. The van der Waals surface area contributed by atoms with Crippen LogP contribution in [0.4, 0.5) is 23.1 Å². The average molecular weight is 327 g/mol. The number of nitrogens with zero attached hydrogens (tertiary/aromatic N) is 2. The zero-order valence-electron chi connectivity index (χ0n) is 13.1. The molecule has 0 saturated heterocycles. The molecule has 3 rings (SSSR count). The van der Waals surface area contributed by atoms with Crippen LogP contribution in [0, 0.1) is 13.8 Å². The normalized spacial score (nSPS) is 9.83. The topological polar surface area (TPSA) is 49.8 Å². The molecule has 0 unspecified atom stereocenters. The summed E-state index contributed by atoms with van der Waals surface area (Å²) >= 11 is 0. The fourth-order valence-electron chi connectivity index (χ4n) is 2.04. The van der Waals surface area contributed by atoms with E-state index in [0.717, 1.165) is 17.2 Å². The van der Waals surface area contributed by atoms with Gasteiger partial charge in [-0.15, -0.1) is 12.4 Å². The first-order chi connectivity index (χ1) is 10.7. The summed E-state index contributed by atoms with van der Waals surface area (Å²) in [5.41, 5.74) is 4.43. The number of halogens is 1. The minimum atomic E-state index is 0. The molecule has 23 heavy (non-hydrogen) atoms.